The molecule has 0 bridgehead atoms. The van der Waals surface area contributed by atoms with Gasteiger partial charge in [0.05, 0.1) is 25.7 Å². The summed E-state index contributed by atoms with van der Waals surface area (Å²) >= 11 is 6.39. The molecule has 0 atom stereocenters. The first-order valence-corrected chi connectivity index (χ1v) is 16.7. The van der Waals surface area contributed by atoms with Gasteiger partial charge in [-0.2, -0.15) is 47.0 Å². The second kappa shape index (κ2) is 18.1. The van der Waals surface area contributed by atoms with Crippen LogP contribution in [-0.4, -0.2) is 96.3 Å². The van der Waals surface area contributed by atoms with E-state index in [1.54, 1.807) is 47.0 Å². The van der Waals surface area contributed by atoms with E-state index in [0.717, 1.165) is 34.2 Å². The zero-order valence-electron chi connectivity index (χ0n) is 21.1. The van der Waals surface area contributed by atoms with Gasteiger partial charge >= 0.3 is 23.9 Å². The fourth-order valence-electron chi connectivity index (χ4n) is 3.04. The van der Waals surface area contributed by atoms with Gasteiger partial charge in [-0.3, -0.25) is 19.2 Å². The quantitative estimate of drug-likeness (QED) is 0.232. The summed E-state index contributed by atoms with van der Waals surface area (Å²) in [6, 6.07) is 0. The van der Waals surface area contributed by atoms with E-state index in [0.29, 0.717) is 23.0 Å². The molecular weight excluding hydrogens is 557 g/mol. The molecule has 2 heterocycles. The summed E-state index contributed by atoms with van der Waals surface area (Å²) < 4.78 is 22.1. The Morgan fingerprint density at radius 3 is 0.973 bits per heavy atom. The van der Waals surface area contributed by atoms with E-state index in [4.69, 9.17) is 18.9 Å². The van der Waals surface area contributed by atoms with Crippen LogP contribution in [0.1, 0.15) is 25.7 Å². The molecule has 12 heteroatoms. The average Bonchev–Trinajstić information content (AvgIpc) is 2.87. The van der Waals surface area contributed by atoms with E-state index in [-0.39, 0.29) is 52.1 Å². The largest absolute Gasteiger partial charge is 0.465 e. The monoisotopic (exact) mass is 592 g/mol. The van der Waals surface area contributed by atoms with Crippen LogP contribution >= 0.6 is 47.0 Å². The second-order valence-electron chi connectivity index (χ2n) is 8.85. The predicted molar refractivity (Wildman–Crippen MR) is 152 cm³/mol. The van der Waals surface area contributed by atoms with Crippen LogP contribution in [0.3, 0.4) is 0 Å². The molecule has 0 unspecified atom stereocenters. The Hall–Kier alpha value is -1.24. The molecule has 0 N–H and O–H groups in total. The molecule has 37 heavy (non-hydrogen) atoms. The Morgan fingerprint density at radius 2 is 0.730 bits per heavy atom. The summed E-state index contributed by atoms with van der Waals surface area (Å²) in [5.41, 5.74) is 0.881. The van der Waals surface area contributed by atoms with Crippen molar-refractivity contribution in [3.63, 3.8) is 0 Å². The molecule has 0 aromatic rings. The van der Waals surface area contributed by atoms with Gasteiger partial charge in [-0.15, -0.1) is 0 Å². The molecule has 0 saturated carbocycles. The summed E-state index contributed by atoms with van der Waals surface area (Å²) in [6.07, 6.45) is 0.779. The van der Waals surface area contributed by atoms with Crippen molar-refractivity contribution in [1.29, 1.82) is 0 Å². The molecule has 0 aromatic carbocycles. The Bertz CT molecular complexity index is 687. The van der Waals surface area contributed by atoms with Crippen molar-refractivity contribution in [2.24, 2.45) is 5.41 Å². The van der Waals surface area contributed by atoms with E-state index in [1.165, 1.54) is 0 Å². The van der Waals surface area contributed by atoms with Crippen molar-refractivity contribution in [2.45, 2.75) is 25.7 Å². The van der Waals surface area contributed by atoms with Crippen molar-refractivity contribution in [1.82, 2.24) is 0 Å². The minimum absolute atomic E-state index is 0.195. The maximum atomic E-state index is 12.4. The molecule has 0 radical (unpaired) electrons. The molecule has 1 spiro atoms. The van der Waals surface area contributed by atoms with E-state index in [1.807, 2.05) is 0 Å². The van der Waals surface area contributed by atoms with E-state index in [2.05, 4.69) is 13.2 Å². The maximum absolute atomic E-state index is 12.4. The number of hydrogen-bond donors (Lipinski definition) is 0. The molecule has 2 aliphatic heterocycles. The predicted octanol–water partition coefficient (Wildman–Crippen LogP) is 3.78. The highest BCUT2D eigenvalue weighted by Gasteiger charge is 2.38. The lowest BCUT2D eigenvalue weighted by atomic mass is 9.92. The van der Waals surface area contributed by atoms with Crippen LogP contribution in [-0.2, 0) is 38.1 Å². The van der Waals surface area contributed by atoms with Gasteiger partial charge in [0.2, 0.25) is 0 Å². The van der Waals surface area contributed by atoms with Crippen molar-refractivity contribution in [3.05, 3.63) is 24.3 Å². The lowest BCUT2D eigenvalue weighted by Gasteiger charge is -2.31. The highest BCUT2D eigenvalue weighted by atomic mass is 32.2. The first kappa shape index (κ1) is 32.0. The van der Waals surface area contributed by atoms with Crippen LogP contribution in [0.25, 0.3) is 0 Å². The van der Waals surface area contributed by atoms with Crippen molar-refractivity contribution < 1.29 is 38.1 Å². The topological polar surface area (TPSA) is 105 Å². The summed E-state index contributed by atoms with van der Waals surface area (Å²) in [6.45, 7) is 7.21. The van der Waals surface area contributed by atoms with Crippen LogP contribution in [0.2, 0.25) is 0 Å². The first-order valence-electron chi connectivity index (χ1n) is 12.0. The summed E-state index contributed by atoms with van der Waals surface area (Å²) in [5.74, 6) is 3.52. The molecule has 0 aliphatic carbocycles. The van der Waals surface area contributed by atoms with Crippen LogP contribution in [0.5, 0.6) is 0 Å². The molecule has 0 aromatic heterocycles. The molecular formula is C25H36O8S4. The zero-order chi connectivity index (χ0) is 26.9. The summed E-state index contributed by atoms with van der Waals surface area (Å²) in [4.78, 5) is 49.7. The molecule has 2 aliphatic rings. The van der Waals surface area contributed by atoms with Crippen molar-refractivity contribution >= 4 is 70.9 Å². The number of esters is 4. The highest BCUT2D eigenvalue weighted by molar-refractivity contribution is 8.00. The van der Waals surface area contributed by atoms with Crippen LogP contribution in [0.15, 0.2) is 24.3 Å². The number of thioether (sulfide) groups is 4. The van der Waals surface area contributed by atoms with Crippen LogP contribution in [0.4, 0.5) is 0 Å². The fourth-order valence-corrected chi connectivity index (χ4v) is 6.69. The third kappa shape index (κ3) is 14.5. The van der Waals surface area contributed by atoms with Crippen molar-refractivity contribution in [3.8, 4) is 0 Å². The number of cyclic esters (lactones) is 4. The van der Waals surface area contributed by atoms with E-state index < -0.39 is 29.3 Å². The van der Waals surface area contributed by atoms with Crippen LogP contribution < -0.4 is 0 Å². The molecule has 8 nitrogen and oxygen atoms in total. The lowest BCUT2D eigenvalue weighted by Crippen LogP contribution is -2.44. The van der Waals surface area contributed by atoms with Gasteiger partial charge in [0.15, 0.2) is 0 Å². The molecule has 0 amide bonds. The van der Waals surface area contributed by atoms with Gasteiger partial charge in [0, 0.05) is 46.0 Å². The van der Waals surface area contributed by atoms with Gasteiger partial charge < -0.3 is 18.9 Å². The Morgan fingerprint density at radius 1 is 0.486 bits per heavy atom. The smallest absolute Gasteiger partial charge is 0.306 e. The Kier molecular flexibility index (Phi) is 15.7. The fraction of sp³-hybridized carbons (Fsp3) is 0.680. The number of carbonyl (C=O) groups excluding carboxylic acids is 4. The number of hydrogen-bond acceptors (Lipinski definition) is 12. The molecule has 2 rings (SSSR count). The third-order valence-electron chi connectivity index (χ3n) is 5.18. The SMILES string of the molecule is C=C1CSCCC(=O)OCC2(COC(=O)CCSC1)COC(=O)CCSCC(=C)CSCCC(=O)OC2. The van der Waals surface area contributed by atoms with Gasteiger partial charge in [-0.05, 0) is 0 Å². The molecule has 2 saturated heterocycles. The summed E-state index contributed by atoms with van der Waals surface area (Å²) in [5, 5.41) is 0. The highest BCUT2D eigenvalue weighted by Crippen LogP contribution is 2.24. The minimum atomic E-state index is -1.20. The molecule has 208 valence electrons. The first-order chi connectivity index (χ1) is 17.8. The number of ether oxygens (including phenoxy) is 4. The minimum Gasteiger partial charge on any atom is -0.465 e. The second-order valence-corrected chi connectivity index (χ2v) is 13.3. The van der Waals surface area contributed by atoms with E-state index >= 15 is 0 Å². The third-order valence-corrected chi connectivity index (χ3v) is 9.60. The standard InChI is InChI=1S/C25H36O8S4/c1-19-11-34-7-3-21(26)30-15-25(16-31-22(27)4-8-35-12-19)17-32-23(28)5-9-36-13-20(2)14-37-10-6-24(29)33-18-25/h1-18H2. The van der Waals surface area contributed by atoms with Crippen LogP contribution in [0, 0.1) is 5.41 Å². The average molecular weight is 593 g/mol. The zero-order valence-corrected chi connectivity index (χ0v) is 24.4. The maximum Gasteiger partial charge on any atom is 0.306 e. The Labute approximate surface area is 236 Å². The van der Waals surface area contributed by atoms with Gasteiger partial charge in [0.25, 0.3) is 0 Å². The lowest BCUT2D eigenvalue weighted by molar-refractivity contribution is -0.170. The van der Waals surface area contributed by atoms with Crippen molar-refractivity contribution in [2.75, 3.05) is 72.5 Å². The van der Waals surface area contributed by atoms with Gasteiger partial charge in [-0.1, -0.05) is 24.3 Å². The van der Waals surface area contributed by atoms with E-state index in [9.17, 15) is 19.2 Å². The van der Waals surface area contributed by atoms with Gasteiger partial charge in [-0.25, -0.2) is 0 Å². The Balaban J connectivity index is 2.14. The number of rotatable bonds is 0. The summed E-state index contributed by atoms with van der Waals surface area (Å²) in [7, 11) is 0. The van der Waals surface area contributed by atoms with Gasteiger partial charge in [0.1, 0.15) is 31.8 Å². The molecule has 2 fully saturated rings. The normalized spacial score (nSPS) is 23.5. The number of carbonyl (C=O) groups is 4.